The van der Waals surface area contributed by atoms with Gasteiger partial charge >= 0.3 is 0 Å². The number of nitrogens with zero attached hydrogens (tertiary/aromatic N) is 3. The number of benzene rings is 8. The van der Waals surface area contributed by atoms with Gasteiger partial charge in [0.1, 0.15) is 12.0 Å². The first-order valence-corrected chi connectivity index (χ1v) is 18.0. The zero-order valence-corrected chi connectivity index (χ0v) is 28.9. The Balaban J connectivity index is 1.05. The lowest BCUT2D eigenvalue weighted by Crippen LogP contribution is -2.33. The third kappa shape index (κ3) is 5.58. The molecule has 1 N–H and O–H groups in total. The number of aliphatic imine (C=N–C) groups is 2. The summed E-state index contributed by atoms with van der Waals surface area (Å²) in [5.74, 6) is 1.51. The second kappa shape index (κ2) is 12.9. The monoisotopic (exact) mass is 678 g/mol. The molecule has 1 aliphatic heterocycles. The van der Waals surface area contributed by atoms with Crippen LogP contribution in [0.3, 0.4) is 0 Å². The summed E-state index contributed by atoms with van der Waals surface area (Å²) in [4.78, 5) is 10.3. The fourth-order valence-electron chi connectivity index (χ4n) is 7.66. The molecule has 0 saturated carbocycles. The lowest BCUT2D eigenvalue weighted by Gasteiger charge is -2.24. The van der Waals surface area contributed by atoms with Crippen molar-refractivity contribution in [3.8, 4) is 27.9 Å². The van der Waals surface area contributed by atoms with Crippen LogP contribution >= 0.6 is 0 Å². The standard InChI is InChI=1S/C49H34N4/c1-3-13-33(14-4-1)34-25-27-37(28-26-34)48-50-47(36-16-5-2-6-17-36)51-49(52-48)40-20-11-18-38(31-40)39-19-12-21-41(32-39)53-44-24-10-9-23-43(44)46-42-22-8-7-15-35(42)29-30-45(46)53/h1-32,48H,(H,50,51,52). The smallest absolute Gasteiger partial charge is 0.159 e. The molecule has 4 heteroatoms. The molecule has 9 aromatic rings. The fraction of sp³-hybridized carbons (Fsp3) is 0.0204. The molecule has 0 fully saturated rings. The summed E-state index contributed by atoms with van der Waals surface area (Å²) in [5, 5.41) is 8.67. The van der Waals surface area contributed by atoms with Gasteiger partial charge in [0.05, 0.1) is 11.0 Å². The molecule has 0 amide bonds. The van der Waals surface area contributed by atoms with Crippen LogP contribution in [-0.4, -0.2) is 16.2 Å². The topological polar surface area (TPSA) is 41.7 Å². The number of hydrogen-bond acceptors (Lipinski definition) is 3. The fourth-order valence-corrected chi connectivity index (χ4v) is 7.66. The molecule has 250 valence electrons. The summed E-state index contributed by atoms with van der Waals surface area (Å²) in [7, 11) is 0. The molecule has 0 radical (unpaired) electrons. The Bertz CT molecular complexity index is 2850. The van der Waals surface area contributed by atoms with Crippen molar-refractivity contribution in [2.24, 2.45) is 9.98 Å². The van der Waals surface area contributed by atoms with Gasteiger partial charge in [-0.2, -0.15) is 0 Å². The van der Waals surface area contributed by atoms with Crippen LogP contribution in [-0.2, 0) is 0 Å². The maximum atomic E-state index is 5.20. The van der Waals surface area contributed by atoms with E-state index in [1.165, 1.54) is 43.7 Å². The van der Waals surface area contributed by atoms with Crippen molar-refractivity contribution < 1.29 is 0 Å². The molecule has 1 unspecified atom stereocenters. The minimum absolute atomic E-state index is 0.291. The first-order chi connectivity index (χ1) is 26.3. The normalized spacial score (nSPS) is 14.2. The van der Waals surface area contributed by atoms with Crippen molar-refractivity contribution >= 4 is 44.2 Å². The molecule has 0 aliphatic carbocycles. The molecule has 0 bridgehead atoms. The number of para-hydroxylation sites is 1. The lowest BCUT2D eigenvalue weighted by molar-refractivity contribution is 0.674. The van der Waals surface area contributed by atoms with E-state index in [-0.39, 0.29) is 6.17 Å². The van der Waals surface area contributed by atoms with Crippen molar-refractivity contribution in [1.82, 2.24) is 9.88 Å². The molecule has 1 atom stereocenters. The minimum Gasteiger partial charge on any atom is -0.344 e. The highest BCUT2D eigenvalue weighted by molar-refractivity contribution is 6.21. The van der Waals surface area contributed by atoms with Crippen molar-refractivity contribution in [2.75, 3.05) is 0 Å². The predicted octanol–water partition coefficient (Wildman–Crippen LogP) is 11.8. The predicted molar refractivity (Wildman–Crippen MR) is 221 cm³/mol. The molecule has 0 saturated heterocycles. The highest BCUT2D eigenvalue weighted by Crippen LogP contribution is 2.37. The summed E-state index contributed by atoms with van der Waals surface area (Å²) in [6.07, 6.45) is -0.291. The first kappa shape index (κ1) is 30.8. The number of nitrogens with one attached hydrogen (secondary N) is 1. The minimum atomic E-state index is -0.291. The summed E-state index contributed by atoms with van der Waals surface area (Å²) in [5.41, 5.74) is 11.2. The SMILES string of the molecule is c1ccc(C2=NC(c3cccc(-c4cccc(-n5c6ccccc6c6c7ccccc7ccc65)c4)c3)=NC(c3ccc(-c4ccccc4)cc3)N2)cc1. The first-order valence-electron chi connectivity index (χ1n) is 18.0. The van der Waals surface area contributed by atoms with Crippen molar-refractivity contribution in [1.29, 1.82) is 0 Å². The van der Waals surface area contributed by atoms with Gasteiger partial charge in [0.25, 0.3) is 0 Å². The summed E-state index contributed by atoms with van der Waals surface area (Å²) in [6, 6.07) is 68.7. The molecular formula is C49H34N4. The Morgan fingerprint density at radius 1 is 0.434 bits per heavy atom. The summed E-state index contributed by atoms with van der Waals surface area (Å²) in [6.45, 7) is 0. The molecule has 0 spiro atoms. The number of aromatic nitrogens is 1. The third-order valence-electron chi connectivity index (χ3n) is 10.2. The van der Waals surface area contributed by atoms with Crippen molar-refractivity contribution in [2.45, 2.75) is 6.17 Å². The van der Waals surface area contributed by atoms with Crippen LogP contribution in [0.2, 0.25) is 0 Å². The van der Waals surface area contributed by atoms with Gasteiger partial charge in [-0.1, -0.05) is 164 Å². The van der Waals surface area contributed by atoms with E-state index >= 15 is 0 Å². The third-order valence-corrected chi connectivity index (χ3v) is 10.2. The second-order valence-electron chi connectivity index (χ2n) is 13.5. The van der Waals surface area contributed by atoms with E-state index in [2.05, 4.69) is 180 Å². The number of fused-ring (bicyclic) bond motifs is 5. The zero-order valence-electron chi connectivity index (χ0n) is 28.9. The molecule has 2 heterocycles. The van der Waals surface area contributed by atoms with E-state index in [1.54, 1.807) is 0 Å². The van der Waals surface area contributed by atoms with Crippen LogP contribution in [0.5, 0.6) is 0 Å². The average molecular weight is 679 g/mol. The maximum Gasteiger partial charge on any atom is 0.159 e. The summed E-state index contributed by atoms with van der Waals surface area (Å²) < 4.78 is 2.39. The Kier molecular flexibility index (Phi) is 7.51. The van der Waals surface area contributed by atoms with Gasteiger partial charge in [-0.15, -0.1) is 0 Å². The molecule has 8 aromatic carbocycles. The van der Waals surface area contributed by atoms with Crippen LogP contribution in [0.25, 0.3) is 60.5 Å². The van der Waals surface area contributed by atoms with E-state index in [4.69, 9.17) is 9.98 Å². The molecule has 10 rings (SSSR count). The average Bonchev–Trinajstić information content (AvgIpc) is 3.59. The van der Waals surface area contributed by atoms with E-state index in [9.17, 15) is 0 Å². The molecule has 1 aliphatic rings. The second-order valence-corrected chi connectivity index (χ2v) is 13.5. The quantitative estimate of drug-likeness (QED) is 0.187. The van der Waals surface area contributed by atoms with Crippen LogP contribution in [0.4, 0.5) is 0 Å². The largest absolute Gasteiger partial charge is 0.344 e. The Morgan fingerprint density at radius 2 is 1.06 bits per heavy atom. The van der Waals surface area contributed by atoms with Gasteiger partial charge in [-0.25, -0.2) is 9.98 Å². The van der Waals surface area contributed by atoms with E-state index in [0.29, 0.717) is 5.84 Å². The maximum absolute atomic E-state index is 5.20. The zero-order chi connectivity index (χ0) is 35.1. The van der Waals surface area contributed by atoms with E-state index in [0.717, 1.165) is 39.3 Å². The van der Waals surface area contributed by atoms with Gasteiger partial charge in [-0.3, -0.25) is 0 Å². The van der Waals surface area contributed by atoms with Gasteiger partial charge in [0, 0.05) is 27.6 Å². The highest BCUT2D eigenvalue weighted by Gasteiger charge is 2.22. The van der Waals surface area contributed by atoms with Gasteiger partial charge in [0.2, 0.25) is 0 Å². The van der Waals surface area contributed by atoms with Gasteiger partial charge < -0.3 is 9.88 Å². The Labute approximate surface area is 308 Å². The van der Waals surface area contributed by atoms with E-state index in [1.807, 2.05) is 24.3 Å². The molecule has 4 nitrogen and oxygen atoms in total. The van der Waals surface area contributed by atoms with Crippen LogP contribution < -0.4 is 5.32 Å². The van der Waals surface area contributed by atoms with Crippen molar-refractivity contribution in [3.05, 3.63) is 211 Å². The van der Waals surface area contributed by atoms with Gasteiger partial charge in [-0.05, 0) is 68.9 Å². The number of hydrogen-bond donors (Lipinski definition) is 1. The number of amidine groups is 2. The molecule has 1 aromatic heterocycles. The van der Waals surface area contributed by atoms with Crippen LogP contribution in [0.1, 0.15) is 22.9 Å². The summed E-state index contributed by atoms with van der Waals surface area (Å²) >= 11 is 0. The Morgan fingerprint density at radius 3 is 1.87 bits per heavy atom. The van der Waals surface area contributed by atoms with Crippen LogP contribution in [0, 0.1) is 0 Å². The molecular weight excluding hydrogens is 645 g/mol. The Hall–Kier alpha value is -7.04. The lowest BCUT2D eigenvalue weighted by atomic mass is 10.0. The van der Waals surface area contributed by atoms with Gasteiger partial charge in [0.15, 0.2) is 5.84 Å². The molecule has 53 heavy (non-hydrogen) atoms. The number of rotatable bonds is 6. The van der Waals surface area contributed by atoms with Crippen LogP contribution in [0.15, 0.2) is 204 Å². The highest BCUT2D eigenvalue weighted by atomic mass is 15.2. The van der Waals surface area contributed by atoms with Crippen molar-refractivity contribution in [3.63, 3.8) is 0 Å². The van der Waals surface area contributed by atoms with E-state index < -0.39 is 0 Å².